The first kappa shape index (κ1) is 14.3. The Morgan fingerprint density at radius 3 is 2.55 bits per heavy atom. The molecule has 0 aliphatic carbocycles. The summed E-state index contributed by atoms with van der Waals surface area (Å²) in [6.07, 6.45) is 1.55. The van der Waals surface area contributed by atoms with Gasteiger partial charge in [-0.2, -0.15) is 0 Å². The number of nitrogens with two attached hydrogens (primary N) is 1. The Balaban J connectivity index is 2.55. The van der Waals surface area contributed by atoms with Gasteiger partial charge in [0.15, 0.2) is 0 Å². The minimum atomic E-state index is -0.711. The van der Waals surface area contributed by atoms with E-state index >= 15 is 0 Å². The maximum absolute atomic E-state index is 12.9. The minimum absolute atomic E-state index is 0.0290. The van der Waals surface area contributed by atoms with Crippen LogP contribution in [0.1, 0.15) is 28.9 Å². The lowest BCUT2D eigenvalue weighted by Gasteiger charge is -2.18. The molecule has 0 saturated heterocycles. The number of carbonyl (C=O) groups is 1. The van der Waals surface area contributed by atoms with Gasteiger partial charge in [-0.1, -0.05) is 23.7 Å². The molecule has 104 valence electrons. The molecule has 20 heavy (non-hydrogen) atoms. The number of nitrogens with one attached hydrogen (secondary N) is 1. The average molecular weight is 294 g/mol. The normalized spacial score (nSPS) is 12.2. The standard InChI is InChI=1S/C14H13ClFN3O/c1-8(9-2-4-11(16)5-3-9)19-7-10(15)6-12(13(19)17)14(18)20/h2-8,17H,1H3,(H2,18,20)/t8-/m1/s1. The number of hydrogen-bond donors (Lipinski definition) is 2. The van der Waals surface area contributed by atoms with E-state index in [4.69, 9.17) is 22.7 Å². The third-order valence-corrected chi connectivity index (χ3v) is 3.30. The van der Waals surface area contributed by atoms with Gasteiger partial charge >= 0.3 is 0 Å². The van der Waals surface area contributed by atoms with Crippen LogP contribution in [-0.2, 0) is 0 Å². The van der Waals surface area contributed by atoms with E-state index in [0.29, 0.717) is 5.02 Å². The number of nitrogens with zero attached hydrogens (tertiary/aromatic N) is 1. The van der Waals surface area contributed by atoms with Crippen molar-refractivity contribution in [3.8, 4) is 0 Å². The van der Waals surface area contributed by atoms with Gasteiger partial charge in [0.1, 0.15) is 11.3 Å². The fourth-order valence-electron chi connectivity index (χ4n) is 1.98. The third kappa shape index (κ3) is 2.72. The highest BCUT2D eigenvalue weighted by molar-refractivity contribution is 6.30. The summed E-state index contributed by atoms with van der Waals surface area (Å²) in [5, 5.41) is 8.33. The molecule has 2 aromatic rings. The van der Waals surface area contributed by atoms with Crippen molar-refractivity contribution in [3.05, 3.63) is 64.0 Å². The van der Waals surface area contributed by atoms with E-state index in [0.717, 1.165) is 5.56 Å². The van der Waals surface area contributed by atoms with E-state index in [2.05, 4.69) is 0 Å². The van der Waals surface area contributed by atoms with Crippen molar-refractivity contribution in [2.45, 2.75) is 13.0 Å². The van der Waals surface area contributed by atoms with E-state index < -0.39 is 5.91 Å². The van der Waals surface area contributed by atoms with Crippen LogP contribution in [0.5, 0.6) is 0 Å². The molecule has 1 amide bonds. The van der Waals surface area contributed by atoms with Crippen molar-refractivity contribution < 1.29 is 9.18 Å². The lowest BCUT2D eigenvalue weighted by atomic mass is 10.1. The second kappa shape index (κ2) is 5.46. The zero-order valence-corrected chi connectivity index (χ0v) is 11.5. The van der Waals surface area contributed by atoms with Gasteiger partial charge in [-0.15, -0.1) is 0 Å². The summed E-state index contributed by atoms with van der Waals surface area (Å²) >= 11 is 5.95. The molecule has 0 spiro atoms. The lowest BCUT2D eigenvalue weighted by Crippen LogP contribution is -2.31. The molecule has 1 aromatic carbocycles. The molecule has 0 radical (unpaired) electrons. The molecule has 0 aliphatic heterocycles. The summed E-state index contributed by atoms with van der Waals surface area (Å²) in [4.78, 5) is 11.3. The Labute approximate surface area is 120 Å². The number of hydrogen-bond acceptors (Lipinski definition) is 2. The summed E-state index contributed by atoms with van der Waals surface area (Å²) in [6, 6.07) is 7.01. The van der Waals surface area contributed by atoms with Crippen LogP contribution in [0.25, 0.3) is 0 Å². The molecule has 1 aromatic heterocycles. The highest BCUT2D eigenvalue weighted by Crippen LogP contribution is 2.19. The molecule has 0 fully saturated rings. The first-order valence-electron chi connectivity index (χ1n) is 5.91. The molecule has 1 heterocycles. The molecule has 0 bridgehead atoms. The van der Waals surface area contributed by atoms with Gasteiger partial charge in [-0.05, 0) is 30.7 Å². The fourth-order valence-corrected chi connectivity index (χ4v) is 2.19. The van der Waals surface area contributed by atoms with Gasteiger partial charge in [0.2, 0.25) is 0 Å². The Morgan fingerprint density at radius 2 is 2.00 bits per heavy atom. The van der Waals surface area contributed by atoms with Crippen molar-refractivity contribution in [1.29, 1.82) is 5.41 Å². The van der Waals surface area contributed by atoms with Crippen molar-refractivity contribution in [2.24, 2.45) is 5.73 Å². The van der Waals surface area contributed by atoms with Crippen molar-refractivity contribution in [3.63, 3.8) is 0 Å². The van der Waals surface area contributed by atoms with Gasteiger partial charge in [0, 0.05) is 6.20 Å². The summed E-state index contributed by atoms with van der Waals surface area (Å²) in [7, 11) is 0. The van der Waals surface area contributed by atoms with E-state index in [-0.39, 0.29) is 22.9 Å². The molecular formula is C14H13ClFN3O. The van der Waals surface area contributed by atoms with Crippen LogP contribution in [0, 0.1) is 11.2 Å². The first-order valence-corrected chi connectivity index (χ1v) is 6.29. The number of aromatic nitrogens is 1. The highest BCUT2D eigenvalue weighted by Gasteiger charge is 2.13. The van der Waals surface area contributed by atoms with Gasteiger partial charge in [-0.25, -0.2) is 4.39 Å². The number of benzene rings is 1. The maximum atomic E-state index is 12.9. The largest absolute Gasteiger partial charge is 0.365 e. The second-order valence-electron chi connectivity index (χ2n) is 4.42. The number of pyridine rings is 1. The smallest absolute Gasteiger partial charge is 0.252 e. The molecular weight excluding hydrogens is 281 g/mol. The monoisotopic (exact) mass is 293 g/mol. The number of rotatable bonds is 3. The van der Waals surface area contributed by atoms with Crippen LogP contribution >= 0.6 is 11.6 Å². The van der Waals surface area contributed by atoms with E-state index in [9.17, 15) is 9.18 Å². The maximum Gasteiger partial charge on any atom is 0.252 e. The molecule has 4 nitrogen and oxygen atoms in total. The average Bonchev–Trinajstić information content (AvgIpc) is 2.41. The minimum Gasteiger partial charge on any atom is -0.365 e. The summed E-state index contributed by atoms with van der Waals surface area (Å²) in [5.41, 5.74) is 6.04. The summed E-state index contributed by atoms with van der Waals surface area (Å²) in [5.74, 6) is -1.04. The van der Waals surface area contributed by atoms with Crippen molar-refractivity contribution >= 4 is 17.5 Å². The van der Waals surface area contributed by atoms with Crippen molar-refractivity contribution in [1.82, 2.24) is 4.57 Å². The molecule has 2 rings (SSSR count). The SMILES string of the molecule is C[C@H](c1ccc(F)cc1)n1cc(Cl)cc(C(N)=O)c1=N. The van der Waals surface area contributed by atoms with Gasteiger partial charge in [-0.3, -0.25) is 10.2 Å². The molecule has 3 N–H and O–H groups in total. The number of carbonyl (C=O) groups excluding carboxylic acids is 1. The summed E-state index contributed by atoms with van der Waals surface area (Å²) < 4.78 is 14.5. The van der Waals surface area contributed by atoms with Gasteiger partial charge < -0.3 is 10.3 Å². The Morgan fingerprint density at radius 1 is 1.40 bits per heavy atom. The van der Waals surface area contributed by atoms with Crippen LogP contribution in [0.4, 0.5) is 4.39 Å². The Hall–Kier alpha value is -2.14. The fraction of sp³-hybridized carbons (Fsp3) is 0.143. The lowest BCUT2D eigenvalue weighted by molar-refractivity contribution is 0.0997. The second-order valence-corrected chi connectivity index (χ2v) is 4.86. The molecule has 0 aliphatic rings. The summed E-state index contributed by atoms with van der Waals surface area (Å²) in [6.45, 7) is 1.83. The van der Waals surface area contributed by atoms with E-state index in [1.54, 1.807) is 18.3 Å². The first-order chi connectivity index (χ1) is 9.40. The van der Waals surface area contributed by atoms with Crippen LogP contribution in [0.2, 0.25) is 5.02 Å². The number of amides is 1. The van der Waals surface area contributed by atoms with E-state index in [1.807, 2.05) is 6.92 Å². The van der Waals surface area contributed by atoms with Crippen LogP contribution < -0.4 is 11.2 Å². The highest BCUT2D eigenvalue weighted by atomic mass is 35.5. The van der Waals surface area contributed by atoms with E-state index in [1.165, 1.54) is 22.8 Å². The van der Waals surface area contributed by atoms with Crippen LogP contribution in [0.15, 0.2) is 36.5 Å². The predicted molar refractivity (Wildman–Crippen MR) is 74.0 cm³/mol. The molecule has 1 atom stereocenters. The van der Waals surface area contributed by atoms with Gasteiger partial charge in [0.05, 0.1) is 16.6 Å². The quantitative estimate of drug-likeness (QED) is 0.896. The molecule has 0 unspecified atom stereocenters. The van der Waals surface area contributed by atoms with Crippen LogP contribution in [0.3, 0.4) is 0 Å². The third-order valence-electron chi connectivity index (χ3n) is 3.09. The number of halogens is 2. The molecule has 6 heteroatoms. The Bertz CT molecular complexity index is 709. The predicted octanol–water partition coefficient (Wildman–Crippen LogP) is 2.47. The van der Waals surface area contributed by atoms with Crippen molar-refractivity contribution in [2.75, 3.05) is 0 Å². The zero-order valence-electron chi connectivity index (χ0n) is 10.7. The van der Waals surface area contributed by atoms with Gasteiger partial charge in [0.25, 0.3) is 5.91 Å². The van der Waals surface area contributed by atoms with Crippen LogP contribution in [-0.4, -0.2) is 10.5 Å². The Kier molecular flexibility index (Phi) is 3.90. The zero-order chi connectivity index (χ0) is 14.9. The topological polar surface area (TPSA) is 71.9 Å². The number of primary amides is 1. The molecule has 0 saturated carbocycles.